The van der Waals surface area contributed by atoms with Crippen LogP contribution in [0.1, 0.15) is 31.2 Å². The van der Waals surface area contributed by atoms with Gasteiger partial charge in [0.2, 0.25) is 0 Å². The Hall–Kier alpha value is -0.930. The van der Waals surface area contributed by atoms with Crippen molar-refractivity contribution in [1.82, 2.24) is 10.2 Å². The van der Waals surface area contributed by atoms with Gasteiger partial charge in [-0.3, -0.25) is 0 Å². The van der Waals surface area contributed by atoms with E-state index in [1.807, 2.05) is 12.1 Å². The summed E-state index contributed by atoms with van der Waals surface area (Å²) in [6.07, 6.45) is 6.00. The van der Waals surface area contributed by atoms with E-state index in [0.717, 1.165) is 30.6 Å². The first-order valence-corrected chi connectivity index (χ1v) is 7.43. The molecule has 0 radical (unpaired) electrons. The van der Waals surface area contributed by atoms with E-state index in [9.17, 15) is 4.39 Å². The molecule has 1 aromatic carbocycles. The van der Waals surface area contributed by atoms with Gasteiger partial charge < -0.3 is 10.2 Å². The van der Waals surface area contributed by atoms with Crippen molar-refractivity contribution in [3.05, 3.63) is 35.6 Å². The molecular formula is C16H23FN2. The van der Waals surface area contributed by atoms with Gasteiger partial charge in [0.15, 0.2) is 0 Å². The highest BCUT2D eigenvalue weighted by Gasteiger charge is 2.37. The smallest absolute Gasteiger partial charge is 0.126 e. The van der Waals surface area contributed by atoms with E-state index in [0.29, 0.717) is 6.04 Å². The van der Waals surface area contributed by atoms with Crippen LogP contribution in [0.3, 0.4) is 0 Å². The molecule has 2 nitrogen and oxygen atoms in total. The predicted octanol–water partition coefficient (Wildman–Crippen LogP) is 2.58. The molecule has 0 spiro atoms. The molecule has 0 aromatic heterocycles. The zero-order chi connectivity index (χ0) is 13.2. The molecule has 2 aliphatic rings. The van der Waals surface area contributed by atoms with Crippen molar-refractivity contribution in [2.24, 2.45) is 0 Å². The summed E-state index contributed by atoms with van der Waals surface area (Å²) in [6.45, 7) is 0.884. The van der Waals surface area contributed by atoms with Crippen molar-refractivity contribution in [2.75, 3.05) is 13.6 Å². The molecule has 2 atom stereocenters. The third-order valence-electron chi connectivity index (χ3n) is 4.88. The van der Waals surface area contributed by atoms with Crippen LogP contribution in [0.25, 0.3) is 0 Å². The number of nitrogens with one attached hydrogen (secondary N) is 1. The number of piperidine rings is 1. The Bertz CT molecular complexity index is 421. The Kier molecular flexibility index (Phi) is 3.85. The van der Waals surface area contributed by atoms with E-state index in [1.165, 1.54) is 25.7 Å². The van der Waals surface area contributed by atoms with Gasteiger partial charge in [0.1, 0.15) is 5.82 Å². The van der Waals surface area contributed by atoms with Gasteiger partial charge >= 0.3 is 0 Å². The second-order valence-corrected chi connectivity index (χ2v) is 6.01. The lowest BCUT2D eigenvalue weighted by molar-refractivity contribution is 0.149. The average Bonchev–Trinajstić information content (AvgIpc) is 2.64. The number of fused-ring (bicyclic) bond motifs is 2. The third-order valence-corrected chi connectivity index (χ3v) is 4.88. The van der Waals surface area contributed by atoms with Crippen molar-refractivity contribution < 1.29 is 4.39 Å². The van der Waals surface area contributed by atoms with E-state index in [2.05, 4.69) is 17.3 Å². The second kappa shape index (κ2) is 5.59. The van der Waals surface area contributed by atoms with E-state index >= 15 is 0 Å². The molecular weight excluding hydrogens is 239 g/mol. The van der Waals surface area contributed by atoms with Crippen molar-refractivity contribution in [1.29, 1.82) is 0 Å². The zero-order valence-electron chi connectivity index (χ0n) is 11.6. The Morgan fingerprint density at radius 2 is 1.89 bits per heavy atom. The number of nitrogens with zero attached hydrogens (tertiary/aromatic N) is 1. The SMILES string of the molecule is CN1C2CCC1CC(NCCc1ccccc1F)C2. The van der Waals surface area contributed by atoms with Gasteiger partial charge in [-0.1, -0.05) is 18.2 Å². The number of hydrogen-bond donors (Lipinski definition) is 1. The van der Waals surface area contributed by atoms with E-state index in [-0.39, 0.29) is 5.82 Å². The molecule has 1 aromatic rings. The van der Waals surface area contributed by atoms with Gasteiger partial charge in [0.25, 0.3) is 0 Å². The van der Waals surface area contributed by atoms with Crippen LogP contribution in [0.2, 0.25) is 0 Å². The summed E-state index contributed by atoms with van der Waals surface area (Å²) in [5.74, 6) is -0.0762. The third kappa shape index (κ3) is 2.82. The molecule has 19 heavy (non-hydrogen) atoms. The van der Waals surface area contributed by atoms with E-state index in [1.54, 1.807) is 12.1 Å². The van der Waals surface area contributed by atoms with E-state index < -0.39 is 0 Å². The molecule has 2 heterocycles. The number of halogens is 1. The molecule has 0 aliphatic carbocycles. The molecule has 1 N–H and O–H groups in total. The standard InChI is InChI=1S/C16H23FN2/c1-19-14-6-7-15(19)11-13(10-14)18-9-8-12-4-2-3-5-16(12)17/h2-5,13-15,18H,6-11H2,1H3. The lowest BCUT2D eigenvalue weighted by Gasteiger charge is -2.36. The largest absolute Gasteiger partial charge is 0.314 e. The molecule has 2 unspecified atom stereocenters. The van der Waals surface area contributed by atoms with Gasteiger partial charge in [-0.25, -0.2) is 4.39 Å². The van der Waals surface area contributed by atoms with Crippen LogP contribution in [-0.2, 0) is 6.42 Å². The summed E-state index contributed by atoms with van der Waals surface area (Å²) in [5.41, 5.74) is 0.825. The molecule has 2 bridgehead atoms. The van der Waals surface area contributed by atoms with E-state index in [4.69, 9.17) is 0 Å². The highest BCUT2D eigenvalue weighted by molar-refractivity contribution is 5.17. The minimum atomic E-state index is -0.0762. The maximum atomic E-state index is 13.5. The van der Waals surface area contributed by atoms with Crippen LogP contribution >= 0.6 is 0 Å². The van der Waals surface area contributed by atoms with Crippen molar-refractivity contribution in [2.45, 2.75) is 50.2 Å². The Morgan fingerprint density at radius 3 is 2.58 bits per heavy atom. The van der Waals surface area contributed by atoms with Crippen LogP contribution in [-0.4, -0.2) is 36.6 Å². The minimum Gasteiger partial charge on any atom is -0.314 e. The van der Waals surface area contributed by atoms with Gasteiger partial charge in [0, 0.05) is 18.1 Å². The molecule has 2 aliphatic heterocycles. The van der Waals surface area contributed by atoms with Crippen molar-refractivity contribution >= 4 is 0 Å². The van der Waals surface area contributed by atoms with Gasteiger partial charge in [-0.15, -0.1) is 0 Å². The van der Waals surface area contributed by atoms with Crippen molar-refractivity contribution in [3.63, 3.8) is 0 Å². The summed E-state index contributed by atoms with van der Waals surface area (Å²) in [6, 6.07) is 9.25. The maximum absolute atomic E-state index is 13.5. The summed E-state index contributed by atoms with van der Waals surface area (Å²) in [4.78, 5) is 2.55. The Labute approximate surface area is 115 Å². The summed E-state index contributed by atoms with van der Waals surface area (Å²) < 4.78 is 13.5. The zero-order valence-corrected chi connectivity index (χ0v) is 11.6. The predicted molar refractivity (Wildman–Crippen MR) is 75.7 cm³/mol. The first-order valence-electron chi connectivity index (χ1n) is 7.43. The molecule has 0 saturated carbocycles. The summed E-state index contributed by atoms with van der Waals surface area (Å²) >= 11 is 0. The quantitative estimate of drug-likeness (QED) is 0.897. The van der Waals surface area contributed by atoms with Gasteiger partial charge in [-0.05, 0) is 57.3 Å². The summed E-state index contributed by atoms with van der Waals surface area (Å²) in [7, 11) is 2.26. The Balaban J connectivity index is 1.48. The van der Waals surface area contributed by atoms with Gasteiger partial charge in [0.05, 0.1) is 0 Å². The van der Waals surface area contributed by atoms with Crippen LogP contribution in [0.15, 0.2) is 24.3 Å². The molecule has 0 amide bonds. The molecule has 3 heteroatoms. The normalized spacial score (nSPS) is 30.7. The number of benzene rings is 1. The number of rotatable bonds is 4. The van der Waals surface area contributed by atoms with Crippen LogP contribution in [0, 0.1) is 5.82 Å². The highest BCUT2D eigenvalue weighted by atomic mass is 19.1. The van der Waals surface area contributed by atoms with Crippen LogP contribution < -0.4 is 5.32 Å². The van der Waals surface area contributed by atoms with Crippen LogP contribution in [0.5, 0.6) is 0 Å². The number of hydrogen-bond acceptors (Lipinski definition) is 2. The lowest BCUT2D eigenvalue weighted by atomic mass is 9.98. The lowest BCUT2D eigenvalue weighted by Crippen LogP contribution is -2.47. The van der Waals surface area contributed by atoms with Crippen molar-refractivity contribution in [3.8, 4) is 0 Å². The fourth-order valence-corrected chi connectivity index (χ4v) is 3.69. The maximum Gasteiger partial charge on any atom is 0.126 e. The fraction of sp³-hybridized carbons (Fsp3) is 0.625. The molecule has 2 fully saturated rings. The monoisotopic (exact) mass is 262 g/mol. The average molecular weight is 262 g/mol. The molecule has 2 saturated heterocycles. The first-order chi connectivity index (χ1) is 9.24. The topological polar surface area (TPSA) is 15.3 Å². The molecule has 3 rings (SSSR count). The Morgan fingerprint density at radius 1 is 1.21 bits per heavy atom. The first kappa shape index (κ1) is 13.1. The summed E-state index contributed by atoms with van der Waals surface area (Å²) in [5, 5.41) is 3.63. The van der Waals surface area contributed by atoms with Crippen LogP contribution in [0.4, 0.5) is 4.39 Å². The fourth-order valence-electron chi connectivity index (χ4n) is 3.69. The minimum absolute atomic E-state index is 0.0762. The highest BCUT2D eigenvalue weighted by Crippen LogP contribution is 2.34. The second-order valence-electron chi connectivity index (χ2n) is 6.01. The molecule has 104 valence electrons. The van der Waals surface area contributed by atoms with Gasteiger partial charge in [-0.2, -0.15) is 0 Å².